The number of Topliss-reactive ketones (excluding diaryl/α,β-unsaturated/α-hetero) is 1. The van der Waals surface area contributed by atoms with E-state index in [1.54, 1.807) is 35.2 Å². The molecule has 0 aromatic heterocycles. The normalized spacial score (nSPS) is 16.5. The average Bonchev–Trinajstić information content (AvgIpc) is 3.00. The maximum absolute atomic E-state index is 12.7. The van der Waals surface area contributed by atoms with Gasteiger partial charge in [0.25, 0.3) is 0 Å². The fourth-order valence-electron chi connectivity index (χ4n) is 3.31. The number of carbonyl (C=O) groups excluding carboxylic acids is 3. The Hall–Kier alpha value is -2.66. The summed E-state index contributed by atoms with van der Waals surface area (Å²) in [5, 5.41) is 3.36. The van der Waals surface area contributed by atoms with Gasteiger partial charge in [-0.15, -0.1) is 0 Å². The molecule has 1 saturated heterocycles. The molecule has 0 radical (unpaired) electrons. The van der Waals surface area contributed by atoms with Crippen LogP contribution in [0.2, 0.25) is 5.02 Å². The third-order valence-corrected chi connectivity index (χ3v) is 5.06. The second kappa shape index (κ2) is 7.53. The molecule has 2 aromatic rings. The van der Waals surface area contributed by atoms with E-state index in [1.165, 1.54) is 6.92 Å². The summed E-state index contributed by atoms with van der Waals surface area (Å²) in [6, 6.07) is 10.6. The van der Waals surface area contributed by atoms with Gasteiger partial charge in [0.1, 0.15) is 0 Å². The second-order valence-corrected chi connectivity index (χ2v) is 7.34. The Balaban J connectivity index is 1.73. The Labute approximate surface area is 163 Å². The molecule has 1 aliphatic heterocycles. The highest BCUT2D eigenvalue weighted by Gasteiger charge is 2.35. The van der Waals surface area contributed by atoms with Crippen molar-refractivity contribution in [1.29, 1.82) is 0 Å². The number of ketones is 1. The maximum Gasteiger partial charge on any atom is 0.229 e. The van der Waals surface area contributed by atoms with Gasteiger partial charge in [0.05, 0.1) is 16.6 Å². The van der Waals surface area contributed by atoms with E-state index in [1.807, 2.05) is 19.9 Å². The molecule has 1 unspecified atom stereocenters. The lowest BCUT2D eigenvalue weighted by atomic mass is 10.1. The summed E-state index contributed by atoms with van der Waals surface area (Å²) in [6.07, 6.45) is 0.142. The van der Waals surface area contributed by atoms with Crippen molar-refractivity contribution in [2.45, 2.75) is 27.2 Å². The largest absolute Gasteiger partial charge is 0.324 e. The standard InChI is InChI=1S/C21H21ClN2O3/c1-12-8-13(2)20(18(22)9-12)23-21(27)16-10-19(26)24(11-16)17-6-4-15(5-7-17)14(3)25/h4-9,16H,10-11H2,1-3H3,(H,23,27). The lowest BCUT2D eigenvalue weighted by Crippen LogP contribution is -2.28. The molecule has 5 nitrogen and oxygen atoms in total. The first-order valence-electron chi connectivity index (χ1n) is 8.75. The molecular formula is C21H21ClN2O3. The number of hydrogen-bond acceptors (Lipinski definition) is 3. The molecule has 0 saturated carbocycles. The lowest BCUT2D eigenvalue weighted by molar-refractivity contribution is -0.122. The SMILES string of the molecule is CC(=O)c1ccc(N2CC(C(=O)Nc3c(C)cc(C)cc3Cl)CC2=O)cc1. The molecule has 1 fully saturated rings. The second-order valence-electron chi connectivity index (χ2n) is 6.94. The molecule has 0 spiro atoms. The van der Waals surface area contributed by atoms with Gasteiger partial charge < -0.3 is 10.2 Å². The van der Waals surface area contributed by atoms with Crippen LogP contribution in [0.15, 0.2) is 36.4 Å². The summed E-state index contributed by atoms with van der Waals surface area (Å²) in [5.41, 5.74) is 3.76. The van der Waals surface area contributed by atoms with Crippen LogP contribution in [0.5, 0.6) is 0 Å². The fourth-order valence-corrected chi connectivity index (χ4v) is 3.68. The van der Waals surface area contributed by atoms with E-state index in [0.29, 0.717) is 28.5 Å². The van der Waals surface area contributed by atoms with Crippen LogP contribution in [-0.4, -0.2) is 24.1 Å². The molecule has 3 rings (SSSR count). The van der Waals surface area contributed by atoms with Crippen LogP contribution in [0.1, 0.15) is 34.8 Å². The Bertz CT molecular complexity index is 899. The average molecular weight is 385 g/mol. The van der Waals surface area contributed by atoms with Crippen LogP contribution in [0.4, 0.5) is 11.4 Å². The van der Waals surface area contributed by atoms with Crippen LogP contribution in [-0.2, 0) is 9.59 Å². The third-order valence-electron chi connectivity index (χ3n) is 4.76. The Morgan fingerprint density at radius 3 is 2.41 bits per heavy atom. The molecule has 140 valence electrons. The topological polar surface area (TPSA) is 66.5 Å². The molecule has 27 heavy (non-hydrogen) atoms. The predicted octanol–water partition coefficient (Wildman–Crippen LogP) is 4.15. The summed E-state index contributed by atoms with van der Waals surface area (Å²) in [4.78, 5) is 38.0. The molecule has 6 heteroatoms. The van der Waals surface area contributed by atoms with Gasteiger partial charge in [0, 0.05) is 24.2 Å². The van der Waals surface area contributed by atoms with E-state index in [9.17, 15) is 14.4 Å². The Morgan fingerprint density at radius 1 is 1.15 bits per heavy atom. The summed E-state index contributed by atoms with van der Waals surface area (Å²) in [5.74, 6) is -0.823. The summed E-state index contributed by atoms with van der Waals surface area (Å²) < 4.78 is 0. The quantitative estimate of drug-likeness (QED) is 0.805. The number of hydrogen-bond donors (Lipinski definition) is 1. The first kappa shape index (κ1) is 19.1. The zero-order chi connectivity index (χ0) is 19.7. The van der Waals surface area contributed by atoms with Crippen LogP contribution in [0.25, 0.3) is 0 Å². The minimum Gasteiger partial charge on any atom is -0.324 e. The molecule has 2 aromatic carbocycles. The summed E-state index contributed by atoms with van der Waals surface area (Å²) in [6.45, 7) is 5.62. The highest BCUT2D eigenvalue weighted by molar-refractivity contribution is 6.34. The molecule has 0 aliphatic carbocycles. The first-order valence-corrected chi connectivity index (χ1v) is 9.13. The maximum atomic E-state index is 12.7. The molecule has 1 aliphatic rings. The molecule has 2 amide bonds. The van der Waals surface area contributed by atoms with Crippen LogP contribution in [0, 0.1) is 19.8 Å². The highest BCUT2D eigenvalue weighted by Crippen LogP contribution is 2.30. The van der Waals surface area contributed by atoms with Gasteiger partial charge in [-0.05, 0) is 62.2 Å². The molecular weight excluding hydrogens is 364 g/mol. The van der Waals surface area contributed by atoms with Crippen molar-refractivity contribution in [2.75, 3.05) is 16.8 Å². The van der Waals surface area contributed by atoms with Crippen LogP contribution < -0.4 is 10.2 Å². The van der Waals surface area contributed by atoms with Gasteiger partial charge in [0.15, 0.2) is 5.78 Å². The van der Waals surface area contributed by atoms with Crippen molar-refractivity contribution in [2.24, 2.45) is 5.92 Å². The minimum absolute atomic E-state index is 0.0306. The number of benzene rings is 2. The van der Waals surface area contributed by atoms with Crippen LogP contribution in [0.3, 0.4) is 0 Å². The minimum atomic E-state index is -0.457. The monoisotopic (exact) mass is 384 g/mol. The van der Waals surface area contributed by atoms with E-state index in [-0.39, 0.29) is 24.0 Å². The van der Waals surface area contributed by atoms with Gasteiger partial charge in [-0.1, -0.05) is 17.7 Å². The van der Waals surface area contributed by atoms with Gasteiger partial charge in [-0.3, -0.25) is 14.4 Å². The third kappa shape index (κ3) is 4.03. The number of carbonyl (C=O) groups is 3. The van der Waals surface area contributed by atoms with E-state index in [2.05, 4.69) is 5.32 Å². The van der Waals surface area contributed by atoms with E-state index < -0.39 is 5.92 Å². The van der Waals surface area contributed by atoms with E-state index >= 15 is 0 Å². The van der Waals surface area contributed by atoms with Gasteiger partial charge in [0.2, 0.25) is 11.8 Å². The highest BCUT2D eigenvalue weighted by atomic mass is 35.5. The van der Waals surface area contributed by atoms with Gasteiger partial charge in [-0.2, -0.15) is 0 Å². The van der Waals surface area contributed by atoms with E-state index in [4.69, 9.17) is 11.6 Å². The van der Waals surface area contributed by atoms with Crippen molar-refractivity contribution in [3.8, 4) is 0 Å². The van der Waals surface area contributed by atoms with Gasteiger partial charge in [-0.25, -0.2) is 0 Å². The molecule has 1 N–H and O–H groups in total. The fraction of sp³-hybridized carbons (Fsp3) is 0.286. The lowest BCUT2D eigenvalue weighted by Gasteiger charge is -2.17. The molecule has 1 atom stereocenters. The Morgan fingerprint density at radius 2 is 1.81 bits per heavy atom. The molecule has 1 heterocycles. The number of nitrogens with zero attached hydrogens (tertiary/aromatic N) is 1. The summed E-state index contributed by atoms with van der Waals surface area (Å²) in [7, 11) is 0. The van der Waals surface area contributed by atoms with Crippen molar-refractivity contribution in [1.82, 2.24) is 0 Å². The first-order chi connectivity index (χ1) is 12.8. The number of halogens is 1. The number of rotatable bonds is 4. The van der Waals surface area contributed by atoms with Crippen molar-refractivity contribution in [3.63, 3.8) is 0 Å². The smallest absolute Gasteiger partial charge is 0.229 e. The number of amides is 2. The summed E-state index contributed by atoms with van der Waals surface area (Å²) >= 11 is 6.26. The van der Waals surface area contributed by atoms with Gasteiger partial charge >= 0.3 is 0 Å². The zero-order valence-corrected chi connectivity index (χ0v) is 16.3. The van der Waals surface area contributed by atoms with E-state index in [0.717, 1.165) is 11.1 Å². The predicted molar refractivity (Wildman–Crippen MR) is 106 cm³/mol. The zero-order valence-electron chi connectivity index (χ0n) is 15.5. The van der Waals surface area contributed by atoms with Crippen molar-refractivity contribution >= 4 is 40.6 Å². The van der Waals surface area contributed by atoms with Crippen molar-refractivity contribution < 1.29 is 14.4 Å². The Kier molecular flexibility index (Phi) is 5.33. The van der Waals surface area contributed by atoms with Crippen molar-refractivity contribution in [3.05, 3.63) is 58.1 Å². The number of aryl methyl sites for hydroxylation is 2. The number of nitrogens with one attached hydrogen (secondary N) is 1. The van der Waals surface area contributed by atoms with Crippen LogP contribution >= 0.6 is 11.6 Å². The molecule has 0 bridgehead atoms. The number of anilines is 2.